The molecule has 1 aliphatic rings. The molecule has 2 N–H and O–H groups in total. The van der Waals surface area contributed by atoms with Gasteiger partial charge in [-0.05, 0) is 48.9 Å². The van der Waals surface area contributed by atoms with E-state index >= 15 is 0 Å². The van der Waals surface area contributed by atoms with E-state index in [1.807, 2.05) is 67.6 Å². The summed E-state index contributed by atoms with van der Waals surface area (Å²) in [6.07, 6.45) is 0.276. The van der Waals surface area contributed by atoms with E-state index in [0.29, 0.717) is 18.8 Å². The highest BCUT2D eigenvalue weighted by atomic mass is 16.5. The molecule has 4 rings (SSSR count). The van der Waals surface area contributed by atoms with Crippen molar-refractivity contribution in [2.45, 2.75) is 25.6 Å². The van der Waals surface area contributed by atoms with Crippen LogP contribution in [0.4, 0.5) is 0 Å². The zero-order valence-corrected chi connectivity index (χ0v) is 18.5. The number of nitrogens with zero attached hydrogens (tertiary/aromatic N) is 1. The molecule has 0 unspecified atom stereocenters. The lowest BCUT2D eigenvalue weighted by atomic mass is 9.93. The van der Waals surface area contributed by atoms with E-state index in [1.165, 1.54) is 0 Å². The monoisotopic (exact) mass is 432 g/mol. The lowest BCUT2D eigenvalue weighted by Crippen LogP contribution is -2.33. The van der Waals surface area contributed by atoms with E-state index in [0.717, 1.165) is 33.9 Å². The fourth-order valence-corrected chi connectivity index (χ4v) is 4.01. The summed E-state index contributed by atoms with van der Waals surface area (Å²) in [5.74, 6) is 2.19. The standard InChI is InChI=1S/C26H28N2O4/c1-4-32-24-11-7-9-19(25(24)29)22-16-21(17-12-14-18(30-2)15-13-17)27-26(28-22)20-8-5-6-10-23(20)31-3/h5-15,22,26,28-29H,4,16H2,1-3H3/t22-,26-/m0/s1. The van der Waals surface area contributed by atoms with Gasteiger partial charge >= 0.3 is 0 Å². The van der Waals surface area contributed by atoms with Crippen molar-refractivity contribution in [2.75, 3.05) is 20.8 Å². The minimum atomic E-state index is -0.336. The van der Waals surface area contributed by atoms with Crippen molar-refractivity contribution < 1.29 is 19.3 Å². The van der Waals surface area contributed by atoms with E-state index in [1.54, 1.807) is 20.3 Å². The van der Waals surface area contributed by atoms with Crippen LogP contribution < -0.4 is 19.5 Å². The highest BCUT2D eigenvalue weighted by Crippen LogP contribution is 2.40. The summed E-state index contributed by atoms with van der Waals surface area (Å²) >= 11 is 0. The molecule has 0 aromatic heterocycles. The second kappa shape index (κ2) is 9.75. The molecule has 0 saturated carbocycles. The van der Waals surface area contributed by atoms with Crippen LogP contribution in [0.5, 0.6) is 23.0 Å². The summed E-state index contributed by atoms with van der Waals surface area (Å²) in [6, 6.07) is 21.2. The van der Waals surface area contributed by atoms with Gasteiger partial charge in [-0.3, -0.25) is 10.3 Å². The molecule has 1 aliphatic heterocycles. The van der Waals surface area contributed by atoms with Gasteiger partial charge in [-0.2, -0.15) is 0 Å². The van der Waals surface area contributed by atoms with Crippen molar-refractivity contribution in [2.24, 2.45) is 4.99 Å². The maximum Gasteiger partial charge on any atom is 0.162 e. The van der Waals surface area contributed by atoms with Crippen LogP contribution in [0.1, 0.15) is 42.2 Å². The second-order valence-corrected chi connectivity index (χ2v) is 7.50. The van der Waals surface area contributed by atoms with E-state index < -0.39 is 0 Å². The van der Waals surface area contributed by atoms with Crippen LogP contribution >= 0.6 is 0 Å². The van der Waals surface area contributed by atoms with Crippen molar-refractivity contribution in [3.63, 3.8) is 0 Å². The van der Waals surface area contributed by atoms with Crippen molar-refractivity contribution in [3.8, 4) is 23.0 Å². The minimum Gasteiger partial charge on any atom is -0.504 e. The molecule has 0 radical (unpaired) electrons. The topological polar surface area (TPSA) is 72.3 Å². The number of phenols is 1. The lowest BCUT2D eigenvalue weighted by molar-refractivity contribution is 0.313. The SMILES string of the molecule is CCOc1cccc([C@@H]2CC(c3ccc(OC)cc3)=N[C@H](c3ccccc3OC)N2)c1O. The molecule has 0 saturated heterocycles. The highest BCUT2D eigenvalue weighted by molar-refractivity contribution is 6.01. The molecular formula is C26H28N2O4. The molecular weight excluding hydrogens is 404 g/mol. The van der Waals surface area contributed by atoms with Crippen molar-refractivity contribution in [3.05, 3.63) is 83.4 Å². The third-order valence-electron chi connectivity index (χ3n) is 5.60. The van der Waals surface area contributed by atoms with Crippen LogP contribution in [0.15, 0.2) is 71.7 Å². The Morgan fingerprint density at radius 1 is 0.906 bits per heavy atom. The van der Waals surface area contributed by atoms with Gasteiger partial charge in [0.2, 0.25) is 0 Å². The minimum absolute atomic E-state index is 0.154. The third kappa shape index (κ3) is 4.41. The Kier molecular flexibility index (Phi) is 6.61. The lowest BCUT2D eigenvalue weighted by Gasteiger charge is -2.31. The first-order valence-electron chi connectivity index (χ1n) is 10.7. The van der Waals surface area contributed by atoms with Gasteiger partial charge in [0.05, 0.1) is 20.8 Å². The molecule has 6 heteroatoms. The molecule has 6 nitrogen and oxygen atoms in total. The first-order chi connectivity index (χ1) is 15.6. The number of methoxy groups -OCH3 is 2. The number of hydrogen-bond acceptors (Lipinski definition) is 6. The Hall–Kier alpha value is -3.51. The van der Waals surface area contributed by atoms with Gasteiger partial charge in [0.25, 0.3) is 0 Å². The summed E-state index contributed by atoms with van der Waals surface area (Å²) in [7, 11) is 3.31. The molecule has 1 heterocycles. The van der Waals surface area contributed by atoms with Gasteiger partial charge in [-0.1, -0.05) is 30.3 Å². The normalized spacial score (nSPS) is 18.0. The number of nitrogens with one attached hydrogen (secondary N) is 1. The Labute approximate surface area is 188 Å². The number of rotatable bonds is 7. The highest BCUT2D eigenvalue weighted by Gasteiger charge is 2.29. The number of para-hydroxylation sites is 2. The molecule has 3 aromatic carbocycles. The van der Waals surface area contributed by atoms with Crippen LogP contribution in [0.3, 0.4) is 0 Å². The summed E-state index contributed by atoms with van der Waals surface area (Å²) < 4.78 is 16.5. The van der Waals surface area contributed by atoms with E-state index in [-0.39, 0.29) is 18.0 Å². The van der Waals surface area contributed by atoms with Crippen molar-refractivity contribution in [1.82, 2.24) is 5.32 Å². The zero-order chi connectivity index (χ0) is 22.5. The largest absolute Gasteiger partial charge is 0.504 e. The first-order valence-corrected chi connectivity index (χ1v) is 10.7. The average molecular weight is 433 g/mol. The molecule has 3 aromatic rings. The molecule has 166 valence electrons. The van der Waals surface area contributed by atoms with Gasteiger partial charge in [-0.25, -0.2) is 0 Å². The first kappa shape index (κ1) is 21.7. The number of aliphatic imine (C=N–C) groups is 1. The quantitative estimate of drug-likeness (QED) is 0.548. The van der Waals surface area contributed by atoms with Gasteiger partial charge in [0.1, 0.15) is 17.7 Å². The van der Waals surface area contributed by atoms with Gasteiger partial charge < -0.3 is 19.3 Å². The van der Waals surface area contributed by atoms with Crippen LogP contribution in [-0.4, -0.2) is 31.6 Å². The van der Waals surface area contributed by atoms with Crippen LogP contribution in [0.25, 0.3) is 0 Å². The van der Waals surface area contributed by atoms with Gasteiger partial charge in [-0.15, -0.1) is 0 Å². The van der Waals surface area contributed by atoms with Crippen LogP contribution in [-0.2, 0) is 0 Å². The van der Waals surface area contributed by atoms with Crippen LogP contribution in [0.2, 0.25) is 0 Å². The summed E-state index contributed by atoms with van der Waals surface area (Å²) in [4.78, 5) is 5.02. The molecule has 32 heavy (non-hydrogen) atoms. The number of hydrogen-bond donors (Lipinski definition) is 2. The number of phenolic OH excluding ortho intramolecular Hbond substituents is 1. The molecule has 0 amide bonds. The molecule has 0 spiro atoms. The predicted molar refractivity (Wildman–Crippen MR) is 125 cm³/mol. The molecule has 2 atom stereocenters. The fourth-order valence-electron chi connectivity index (χ4n) is 4.01. The predicted octanol–water partition coefficient (Wildman–Crippen LogP) is 5.03. The Balaban J connectivity index is 1.77. The van der Waals surface area contributed by atoms with Crippen molar-refractivity contribution >= 4 is 5.71 Å². The maximum atomic E-state index is 10.9. The van der Waals surface area contributed by atoms with E-state index in [4.69, 9.17) is 19.2 Å². The summed E-state index contributed by atoms with van der Waals surface area (Å²) in [5.41, 5.74) is 3.66. The average Bonchev–Trinajstić information content (AvgIpc) is 2.85. The van der Waals surface area contributed by atoms with E-state index in [2.05, 4.69) is 5.32 Å². The second-order valence-electron chi connectivity index (χ2n) is 7.50. The van der Waals surface area contributed by atoms with E-state index in [9.17, 15) is 5.11 Å². The smallest absolute Gasteiger partial charge is 0.162 e. The zero-order valence-electron chi connectivity index (χ0n) is 18.5. The number of ether oxygens (including phenoxy) is 3. The fraction of sp³-hybridized carbons (Fsp3) is 0.269. The maximum absolute atomic E-state index is 10.9. The van der Waals surface area contributed by atoms with Gasteiger partial charge in [0.15, 0.2) is 11.5 Å². The third-order valence-corrected chi connectivity index (χ3v) is 5.60. The summed E-state index contributed by atoms with van der Waals surface area (Å²) in [5, 5.41) is 14.5. The molecule has 0 bridgehead atoms. The van der Waals surface area contributed by atoms with Crippen LogP contribution in [0, 0.1) is 0 Å². The Bertz CT molecular complexity index is 1100. The number of benzene rings is 3. The molecule has 0 fully saturated rings. The Morgan fingerprint density at radius 3 is 2.34 bits per heavy atom. The number of aromatic hydroxyl groups is 1. The van der Waals surface area contributed by atoms with Gasteiger partial charge in [0, 0.05) is 29.3 Å². The molecule has 0 aliphatic carbocycles. The van der Waals surface area contributed by atoms with Crippen molar-refractivity contribution in [1.29, 1.82) is 0 Å². The Morgan fingerprint density at radius 2 is 1.62 bits per heavy atom. The summed E-state index contributed by atoms with van der Waals surface area (Å²) in [6.45, 7) is 2.38.